The number of nitrogens with zero attached hydrogens (tertiary/aromatic N) is 3. The maximum absolute atomic E-state index is 10.4. The minimum absolute atomic E-state index is 0.0712. The molecular formula is C22H30N4O3. The Labute approximate surface area is 172 Å². The van der Waals surface area contributed by atoms with Crippen molar-refractivity contribution in [2.45, 2.75) is 13.5 Å². The van der Waals surface area contributed by atoms with Crippen LogP contribution in [0.25, 0.3) is 5.76 Å². The summed E-state index contributed by atoms with van der Waals surface area (Å²) in [5.41, 5.74) is 2.93. The van der Waals surface area contributed by atoms with Crippen molar-refractivity contribution >= 4 is 18.0 Å². The molecule has 0 bridgehead atoms. The van der Waals surface area contributed by atoms with Crippen molar-refractivity contribution in [2.24, 2.45) is 0 Å². The van der Waals surface area contributed by atoms with E-state index >= 15 is 0 Å². The highest BCUT2D eigenvalue weighted by atomic mass is 16.5. The highest BCUT2D eigenvalue weighted by Crippen LogP contribution is 2.25. The largest absolute Gasteiger partial charge is 0.457 e. The number of hydrogen-bond donors (Lipinski definition) is 2. The molecule has 0 aliphatic rings. The molecule has 0 saturated carbocycles. The first kappa shape index (κ1) is 22.4. The van der Waals surface area contributed by atoms with Crippen LogP contribution in [0.3, 0.4) is 0 Å². The Bertz CT molecular complexity index is 806. The fourth-order valence-corrected chi connectivity index (χ4v) is 2.88. The summed E-state index contributed by atoms with van der Waals surface area (Å²) in [4.78, 5) is 18.8. The van der Waals surface area contributed by atoms with Crippen LogP contribution in [-0.4, -0.2) is 61.7 Å². The van der Waals surface area contributed by atoms with Crippen molar-refractivity contribution in [1.82, 2.24) is 15.2 Å². The van der Waals surface area contributed by atoms with Gasteiger partial charge < -0.3 is 20.1 Å². The molecule has 0 spiro atoms. The number of amides is 1. The second-order valence-corrected chi connectivity index (χ2v) is 7.00. The summed E-state index contributed by atoms with van der Waals surface area (Å²) >= 11 is 0. The molecule has 0 aliphatic carbocycles. The number of hydrogen-bond acceptors (Lipinski definition) is 6. The first-order chi connectivity index (χ1) is 13.9. The molecule has 1 aromatic heterocycles. The van der Waals surface area contributed by atoms with Gasteiger partial charge in [0.25, 0.3) is 0 Å². The third-order valence-electron chi connectivity index (χ3n) is 4.48. The maximum Gasteiger partial charge on any atom is 0.207 e. The summed E-state index contributed by atoms with van der Waals surface area (Å²) in [6, 6.07) is 9.86. The van der Waals surface area contributed by atoms with Crippen LogP contribution in [-0.2, 0) is 11.3 Å². The molecule has 29 heavy (non-hydrogen) atoms. The summed E-state index contributed by atoms with van der Waals surface area (Å²) in [6.07, 6.45) is 2.44. The van der Waals surface area contributed by atoms with Crippen LogP contribution >= 0.6 is 0 Å². The number of pyridine rings is 1. The van der Waals surface area contributed by atoms with Crippen LogP contribution in [0, 0.1) is 6.92 Å². The smallest absolute Gasteiger partial charge is 0.207 e. The summed E-state index contributed by atoms with van der Waals surface area (Å²) < 4.78 is 5.97. The van der Waals surface area contributed by atoms with E-state index in [0.29, 0.717) is 38.3 Å². The van der Waals surface area contributed by atoms with E-state index in [9.17, 15) is 9.90 Å². The van der Waals surface area contributed by atoms with Crippen LogP contribution < -0.4 is 15.0 Å². The maximum atomic E-state index is 10.4. The first-order valence-corrected chi connectivity index (χ1v) is 9.55. The quantitative estimate of drug-likeness (QED) is 0.324. The fourth-order valence-electron chi connectivity index (χ4n) is 2.88. The molecule has 2 rings (SSSR count). The Morgan fingerprint density at radius 2 is 2.07 bits per heavy atom. The molecule has 7 heteroatoms. The fraction of sp³-hybridized carbons (Fsp3) is 0.364. The van der Waals surface area contributed by atoms with Crippen molar-refractivity contribution < 1.29 is 14.6 Å². The monoisotopic (exact) mass is 398 g/mol. The second-order valence-electron chi connectivity index (χ2n) is 7.00. The average Bonchev–Trinajstić information content (AvgIpc) is 2.70. The SMILES string of the molecule is C=C(Oc1ccc(CN(CCO)CCNC=O)cc1C)c1ccc(N(C)C)nc1. The predicted octanol–water partition coefficient (Wildman–Crippen LogP) is 2.05. The predicted molar refractivity (Wildman–Crippen MR) is 116 cm³/mol. The number of carbonyl (C=O) groups excluding carboxylic acids is 1. The van der Waals surface area contributed by atoms with Gasteiger partial charge in [-0.05, 0) is 36.2 Å². The zero-order valence-corrected chi connectivity index (χ0v) is 17.4. The van der Waals surface area contributed by atoms with E-state index in [1.165, 1.54) is 0 Å². The second kappa shape index (κ2) is 11.2. The average molecular weight is 399 g/mol. The van der Waals surface area contributed by atoms with Gasteiger partial charge in [-0.15, -0.1) is 0 Å². The van der Waals surface area contributed by atoms with Crippen molar-refractivity contribution in [1.29, 1.82) is 0 Å². The van der Waals surface area contributed by atoms with Gasteiger partial charge in [-0.2, -0.15) is 0 Å². The number of benzene rings is 1. The number of aliphatic hydroxyl groups excluding tert-OH is 1. The van der Waals surface area contributed by atoms with Crippen LogP contribution in [0.1, 0.15) is 16.7 Å². The van der Waals surface area contributed by atoms with Gasteiger partial charge in [-0.1, -0.05) is 18.7 Å². The standard InChI is InChI=1S/C22H30N4O3/c1-17-13-19(15-26(11-12-27)10-9-23-16-28)5-7-21(17)29-18(2)20-6-8-22(24-14-20)25(3)4/h5-8,13-14,16,27H,2,9-12,15H2,1,3-4H3,(H,23,28). The molecule has 156 valence electrons. The molecule has 1 amide bonds. The minimum Gasteiger partial charge on any atom is -0.457 e. The Balaban J connectivity index is 2.02. The zero-order chi connectivity index (χ0) is 21.2. The molecule has 7 nitrogen and oxygen atoms in total. The molecular weight excluding hydrogens is 368 g/mol. The van der Waals surface area contributed by atoms with Crippen LogP contribution in [0.15, 0.2) is 43.1 Å². The molecule has 2 aromatic rings. The Kier molecular flexibility index (Phi) is 8.64. The molecule has 1 heterocycles. The van der Waals surface area contributed by atoms with E-state index in [2.05, 4.69) is 27.8 Å². The number of carbonyl (C=O) groups is 1. The molecule has 0 aliphatic heterocycles. The Morgan fingerprint density at radius 1 is 1.28 bits per heavy atom. The van der Waals surface area contributed by atoms with E-state index in [1.807, 2.05) is 50.2 Å². The third-order valence-corrected chi connectivity index (χ3v) is 4.48. The van der Waals surface area contributed by atoms with Gasteiger partial charge in [-0.25, -0.2) is 4.98 Å². The molecule has 0 atom stereocenters. The van der Waals surface area contributed by atoms with Gasteiger partial charge in [-0.3, -0.25) is 9.69 Å². The van der Waals surface area contributed by atoms with Gasteiger partial charge in [0, 0.05) is 52.0 Å². The topological polar surface area (TPSA) is 77.9 Å². The lowest BCUT2D eigenvalue weighted by molar-refractivity contribution is -0.109. The number of ether oxygens (including phenoxy) is 1. The molecule has 0 unspecified atom stereocenters. The molecule has 0 saturated heterocycles. The summed E-state index contributed by atoms with van der Waals surface area (Å²) in [7, 11) is 3.89. The van der Waals surface area contributed by atoms with E-state index in [1.54, 1.807) is 6.20 Å². The number of aliphatic hydroxyl groups is 1. The highest BCUT2D eigenvalue weighted by Gasteiger charge is 2.10. The van der Waals surface area contributed by atoms with Gasteiger partial charge in [0.15, 0.2) is 0 Å². The van der Waals surface area contributed by atoms with E-state index in [-0.39, 0.29) is 6.61 Å². The van der Waals surface area contributed by atoms with Crippen LogP contribution in [0.4, 0.5) is 5.82 Å². The zero-order valence-electron chi connectivity index (χ0n) is 17.4. The van der Waals surface area contributed by atoms with Gasteiger partial charge in [0.05, 0.1) is 6.61 Å². The number of rotatable bonds is 12. The Morgan fingerprint density at radius 3 is 2.66 bits per heavy atom. The lowest BCUT2D eigenvalue weighted by Gasteiger charge is -2.21. The number of aryl methyl sites for hydroxylation is 1. The molecule has 0 fully saturated rings. The van der Waals surface area contributed by atoms with Crippen molar-refractivity contribution in [3.05, 3.63) is 59.8 Å². The normalized spacial score (nSPS) is 10.7. The van der Waals surface area contributed by atoms with Gasteiger partial charge >= 0.3 is 0 Å². The minimum atomic E-state index is 0.0712. The molecule has 1 aromatic carbocycles. The summed E-state index contributed by atoms with van der Waals surface area (Å²) in [5, 5.41) is 11.9. The summed E-state index contributed by atoms with van der Waals surface area (Å²) in [5.74, 6) is 2.16. The van der Waals surface area contributed by atoms with E-state index in [0.717, 1.165) is 28.3 Å². The van der Waals surface area contributed by atoms with Crippen LogP contribution in [0.5, 0.6) is 5.75 Å². The van der Waals surface area contributed by atoms with Gasteiger partial charge in [0.1, 0.15) is 17.3 Å². The lowest BCUT2D eigenvalue weighted by Crippen LogP contribution is -2.33. The molecule has 0 radical (unpaired) electrons. The van der Waals surface area contributed by atoms with Gasteiger partial charge in [0.2, 0.25) is 6.41 Å². The lowest BCUT2D eigenvalue weighted by atomic mass is 10.1. The van der Waals surface area contributed by atoms with E-state index < -0.39 is 0 Å². The number of aromatic nitrogens is 1. The number of anilines is 1. The van der Waals surface area contributed by atoms with E-state index in [4.69, 9.17) is 4.74 Å². The highest BCUT2D eigenvalue weighted by molar-refractivity contribution is 5.61. The van der Waals surface area contributed by atoms with Crippen molar-refractivity contribution in [3.8, 4) is 5.75 Å². The Hall–Kier alpha value is -2.90. The number of nitrogens with one attached hydrogen (secondary N) is 1. The third kappa shape index (κ3) is 6.89. The van der Waals surface area contributed by atoms with Crippen molar-refractivity contribution in [2.75, 3.05) is 45.2 Å². The molecule has 2 N–H and O–H groups in total. The first-order valence-electron chi connectivity index (χ1n) is 9.55. The summed E-state index contributed by atoms with van der Waals surface area (Å²) in [6.45, 7) is 8.53. The van der Waals surface area contributed by atoms with Crippen LogP contribution in [0.2, 0.25) is 0 Å². The van der Waals surface area contributed by atoms with Crippen molar-refractivity contribution in [3.63, 3.8) is 0 Å².